The number of hydrogen-bond donors (Lipinski definition) is 0. The monoisotopic (exact) mass is 652 g/mol. The molecule has 0 fully saturated rings. The van der Waals surface area contributed by atoms with Gasteiger partial charge in [-0.1, -0.05) is 133 Å². The highest BCUT2D eigenvalue weighted by atomic mass is 28.3. The highest BCUT2D eigenvalue weighted by molar-refractivity contribution is 7.20. The fourth-order valence-corrected chi connectivity index (χ4v) is 12.4. The molecule has 8 aromatic rings. The molecule has 0 spiro atoms. The molecule has 4 nitrogen and oxygen atoms in total. The molecule has 1 aromatic heterocycles. The first-order chi connectivity index (χ1) is 24.7. The summed E-state index contributed by atoms with van der Waals surface area (Å²) in [7, 11) is -3.04. The van der Waals surface area contributed by atoms with Crippen LogP contribution in [0.3, 0.4) is 0 Å². The summed E-state index contributed by atoms with van der Waals surface area (Å²) in [5, 5.41) is 37.6. The molecule has 0 saturated carbocycles. The average Bonchev–Trinajstić information content (AvgIpc) is 3.53. The predicted molar refractivity (Wildman–Crippen MR) is 204 cm³/mol. The Kier molecular flexibility index (Phi) is 7.63. The first-order valence-corrected chi connectivity index (χ1v) is 18.4. The van der Waals surface area contributed by atoms with Gasteiger partial charge in [-0.2, -0.15) is 15.8 Å². The first kappa shape index (κ1) is 30.4. The summed E-state index contributed by atoms with van der Waals surface area (Å²) in [6.07, 6.45) is 0. The summed E-state index contributed by atoms with van der Waals surface area (Å²) in [4.78, 5) is 0. The minimum absolute atomic E-state index is 0.373. The molecule has 0 bridgehead atoms. The second-order valence-electron chi connectivity index (χ2n) is 12.2. The topological polar surface area (TPSA) is 76.3 Å². The lowest BCUT2D eigenvalue weighted by Crippen LogP contribution is -2.75. The SMILES string of the molecule is N#Cc1ccc2c(c1)c1ccccc1n2-c1ccc(-c2ccc([Si](c3ccccc3)(c3ccccc3)c3ccccc3)c(C#N)c2C#N)cc1. The van der Waals surface area contributed by atoms with Crippen LogP contribution in [-0.4, -0.2) is 12.6 Å². The van der Waals surface area contributed by atoms with E-state index >= 15 is 0 Å². The fraction of sp³-hybridized carbons (Fsp3) is 0. The molecule has 0 aliphatic rings. The number of aromatic nitrogens is 1. The molecule has 1 heterocycles. The number of benzene rings is 7. The summed E-state index contributed by atoms with van der Waals surface area (Å²) in [5.41, 5.74) is 5.99. The Morgan fingerprint density at radius 1 is 0.440 bits per heavy atom. The van der Waals surface area contributed by atoms with E-state index in [1.807, 2.05) is 66.7 Å². The molecular formula is C45H28N4Si. The molecule has 7 aromatic carbocycles. The molecule has 232 valence electrons. The van der Waals surface area contributed by atoms with Gasteiger partial charge in [0.2, 0.25) is 0 Å². The molecule has 0 radical (unpaired) electrons. The maximum Gasteiger partial charge on any atom is 0.181 e. The largest absolute Gasteiger partial charge is 0.309 e. The smallest absolute Gasteiger partial charge is 0.181 e. The highest BCUT2D eigenvalue weighted by Gasteiger charge is 2.43. The second-order valence-corrected chi connectivity index (χ2v) is 16.0. The van der Waals surface area contributed by atoms with Crippen LogP contribution in [0.1, 0.15) is 16.7 Å². The molecule has 0 unspecified atom stereocenters. The zero-order valence-electron chi connectivity index (χ0n) is 27.0. The van der Waals surface area contributed by atoms with Gasteiger partial charge in [0.15, 0.2) is 8.07 Å². The van der Waals surface area contributed by atoms with Crippen LogP contribution in [0.5, 0.6) is 0 Å². The number of rotatable bonds is 6. The van der Waals surface area contributed by atoms with Crippen molar-refractivity contribution in [2.75, 3.05) is 0 Å². The third-order valence-electron chi connectivity index (χ3n) is 9.69. The molecule has 50 heavy (non-hydrogen) atoms. The molecule has 0 aliphatic heterocycles. The summed E-state index contributed by atoms with van der Waals surface area (Å²) in [6, 6.07) is 64.7. The molecule has 8 rings (SSSR count). The van der Waals surface area contributed by atoms with Crippen LogP contribution in [0.15, 0.2) is 170 Å². The van der Waals surface area contributed by atoms with Crippen LogP contribution in [-0.2, 0) is 0 Å². The van der Waals surface area contributed by atoms with Crippen molar-refractivity contribution in [3.8, 4) is 35.0 Å². The van der Waals surface area contributed by atoms with Gasteiger partial charge in [-0.3, -0.25) is 0 Å². The van der Waals surface area contributed by atoms with Crippen LogP contribution in [0.2, 0.25) is 0 Å². The van der Waals surface area contributed by atoms with Gasteiger partial charge in [-0.25, -0.2) is 0 Å². The van der Waals surface area contributed by atoms with E-state index < -0.39 is 8.07 Å². The molecule has 0 saturated heterocycles. The Balaban J connectivity index is 1.33. The van der Waals surface area contributed by atoms with Gasteiger partial charge in [-0.15, -0.1) is 0 Å². The van der Waals surface area contributed by atoms with Crippen molar-refractivity contribution in [3.05, 3.63) is 187 Å². The van der Waals surface area contributed by atoms with Crippen LogP contribution in [0, 0.1) is 34.0 Å². The predicted octanol–water partition coefficient (Wildman–Crippen LogP) is 7.44. The molecule has 0 N–H and O–H groups in total. The van der Waals surface area contributed by atoms with E-state index in [4.69, 9.17) is 0 Å². The quantitative estimate of drug-likeness (QED) is 0.138. The van der Waals surface area contributed by atoms with Crippen molar-refractivity contribution in [2.45, 2.75) is 0 Å². The third kappa shape index (κ3) is 4.72. The van der Waals surface area contributed by atoms with Crippen molar-refractivity contribution in [2.24, 2.45) is 0 Å². The first-order valence-electron chi connectivity index (χ1n) is 16.4. The van der Waals surface area contributed by atoms with Crippen LogP contribution in [0.4, 0.5) is 0 Å². The van der Waals surface area contributed by atoms with Crippen molar-refractivity contribution in [1.82, 2.24) is 4.57 Å². The van der Waals surface area contributed by atoms with E-state index in [1.54, 1.807) is 0 Å². The van der Waals surface area contributed by atoms with Crippen LogP contribution >= 0.6 is 0 Å². The van der Waals surface area contributed by atoms with Gasteiger partial charge in [-0.05, 0) is 62.7 Å². The Morgan fingerprint density at radius 3 is 1.54 bits per heavy atom. The molecule has 0 aliphatic carbocycles. The average molecular weight is 653 g/mol. The lowest BCUT2D eigenvalue weighted by atomic mass is 9.96. The molecule has 0 amide bonds. The van der Waals surface area contributed by atoms with Crippen LogP contribution < -0.4 is 20.7 Å². The van der Waals surface area contributed by atoms with E-state index in [9.17, 15) is 15.8 Å². The Hall–Kier alpha value is -6.97. The van der Waals surface area contributed by atoms with Crippen LogP contribution in [0.25, 0.3) is 38.6 Å². The van der Waals surface area contributed by atoms with Gasteiger partial charge in [0.1, 0.15) is 12.1 Å². The van der Waals surface area contributed by atoms with E-state index in [0.717, 1.165) is 59.4 Å². The molecular weight excluding hydrogens is 625 g/mol. The Labute approximate surface area is 291 Å². The van der Waals surface area contributed by atoms with Crippen molar-refractivity contribution < 1.29 is 0 Å². The molecule has 5 heteroatoms. The minimum atomic E-state index is -3.04. The van der Waals surface area contributed by atoms with Crippen molar-refractivity contribution >= 4 is 50.6 Å². The number of hydrogen-bond acceptors (Lipinski definition) is 3. The summed E-state index contributed by atoms with van der Waals surface area (Å²) in [6.45, 7) is 0. The lowest BCUT2D eigenvalue weighted by molar-refractivity contribution is 1.18. The maximum atomic E-state index is 10.9. The lowest BCUT2D eigenvalue weighted by Gasteiger charge is -2.35. The van der Waals surface area contributed by atoms with Gasteiger partial charge >= 0.3 is 0 Å². The molecule has 0 atom stereocenters. The number of fused-ring (bicyclic) bond motifs is 3. The summed E-state index contributed by atoms with van der Waals surface area (Å²) >= 11 is 0. The standard InChI is InChI=1S/C45H28N4Si/c46-29-32-20-26-44-40(28-32)39-18-10-11-19-43(39)49(44)34-23-21-33(22-24-34)38-25-27-45(42(31-48)41(38)30-47)50(35-12-4-1-5-13-35,36-14-6-2-7-15-36)37-16-8-3-9-17-37/h1-28H. The summed E-state index contributed by atoms with van der Waals surface area (Å²) in [5.74, 6) is 0. The zero-order chi connectivity index (χ0) is 34.1. The Bertz CT molecular complexity index is 2560. The van der Waals surface area contributed by atoms with Crippen molar-refractivity contribution in [3.63, 3.8) is 0 Å². The number of para-hydroxylation sites is 1. The number of nitriles is 3. The van der Waals surface area contributed by atoms with Gasteiger partial charge in [0.25, 0.3) is 0 Å². The van der Waals surface area contributed by atoms with Gasteiger partial charge < -0.3 is 4.57 Å². The maximum absolute atomic E-state index is 10.9. The van der Waals surface area contributed by atoms with E-state index in [0.29, 0.717) is 16.7 Å². The fourth-order valence-electron chi connectivity index (χ4n) is 7.53. The third-order valence-corrected chi connectivity index (χ3v) is 14.5. The van der Waals surface area contributed by atoms with Gasteiger partial charge in [0.05, 0.1) is 33.8 Å². The minimum Gasteiger partial charge on any atom is -0.309 e. The van der Waals surface area contributed by atoms with Crippen molar-refractivity contribution in [1.29, 1.82) is 15.8 Å². The van der Waals surface area contributed by atoms with E-state index in [2.05, 4.69) is 126 Å². The number of nitrogens with zero attached hydrogens (tertiary/aromatic N) is 4. The summed E-state index contributed by atoms with van der Waals surface area (Å²) < 4.78 is 2.20. The van der Waals surface area contributed by atoms with E-state index in [-0.39, 0.29) is 0 Å². The Morgan fingerprint density at radius 2 is 0.980 bits per heavy atom. The highest BCUT2D eigenvalue weighted by Crippen LogP contribution is 2.34. The van der Waals surface area contributed by atoms with E-state index in [1.165, 1.54) is 0 Å². The van der Waals surface area contributed by atoms with Gasteiger partial charge in [0, 0.05) is 22.0 Å². The second kappa shape index (κ2) is 12.6. The normalized spacial score (nSPS) is 11.1. The zero-order valence-corrected chi connectivity index (χ0v) is 28.0.